The second-order valence-corrected chi connectivity index (χ2v) is 8.16. The summed E-state index contributed by atoms with van der Waals surface area (Å²) in [6, 6.07) is 13.0. The van der Waals surface area contributed by atoms with E-state index in [4.69, 9.17) is 4.74 Å². The molecule has 0 aliphatic carbocycles. The molecule has 0 radical (unpaired) electrons. The highest BCUT2D eigenvalue weighted by Gasteiger charge is 2.07. The average Bonchev–Trinajstić information content (AvgIpc) is 2.67. The lowest BCUT2D eigenvalue weighted by atomic mass is 10.0. The quantitative estimate of drug-likeness (QED) is 0.305. The smallest absolute Gasteiger partial charge is 0.127 e. The Labute approximate surface area is 165 Å². The normalized spacial score (nSPS) is 11.7. The fraction of sp³-hybridized carbons (Fsp3) is 0.583. The number of hydrogen-bond donors (Lipinski definition) is 0. The van der Waals surface area contributed by atoms with Crippen LogP contribution < -0.4 is 4.74 Å². The van der Waals surface area contributed by atoms with Gasteiger partial charge >= 0.3 is 0 Å². The van der Waals surface area contributed by atoms with Gasteiger partial charge in [-0.2, -0.15) is 0 Å². The van der Waals surface area contributed by atoms with Crippen LogP contribution in [0.3, 0.4) is 0 Å². The molecule has 2 rings (SSSR count). The zero-order valence-corrected chi connectivity index (χ0v) is 18.3. The van der Waals surface area contributed by atoms with Crippen LogP contribution in [0.5, 0.6) is 5.75 Å². The molecule has 0 aliphatic heterocycles. The van der Waals surface area contributed by atoms with Gasteiger partial charge in [0.2, 0.25) is 0 Å². The van der Waals surface area contributed by atoms with Crippen LogP contribution in [0.4, 0.5) is 0 Å². The van der Waals surface area contributed by atoms with Crippen molar-refractivity contribution in [3.05, 3.63) is 36.4 Å². The molecule has 2 aromatic carbocycles. The number of thioether (sulfide) groups is 1. The Bertz CT molecular complexity index is 608. The summed E-state index contributed by atoms with van der Waals surface area (Å²) in [6.07, 6.45) is 7.45. The summed E-state index contributed by atoms with van der Waals surface area (Å²) in [4.78, 5) is 1.38. The Morgan fingerprint density at radius 2 is 1.62 bits per heavy atom. The number of rotatable bonds is 10. The van der Waals surface area contributed by atoms with E-state index in [-0.39, 0.29) is 0 Å². The molecular formula is C24H38OS. The molecule has 0 heterocycles. The Morgan fingerprint density at radius 3 is 2.27 bits per heavy atom. The third kappa shape index (κ3) is 8.03. The molecule has 2 aromatic rings. The van der Waals surface area contributed by atoms with Crippen LogP contribution in [-0.4, -0.2) is 12.4 Å². The number of fused-ring (bicyclic) bond motifs is 1. The summed E-state index contributed by atoms with van der Waals surface area (Å²) < 4.78 is 5.98. The summed E-state index contributed by atoms with van der Waals surface area (Å²) in [5.74, 6) is 3.07. The summed E-state index contributed by atoms with van der Waals surface area (Å²) in [7, 11) is 0. The van der Waals surface area contributed by atoms with Gasteiger partial charge in [-0.25, -0.2) is 0 Å². The van der Waals surface area contributed by atoms with Crippen molar-refractivity contribution in [2.24, 2.45) is 5.92 Å². The molecule has 0 amide bonds. The Balaban J connectivity index is 0.00000105. The molecule has 1 nitrogen and oxygen atoms in total. The van der Waals surface area contributed by atoms with E-state index in [1.165, 1.54) is 53.5 Å². The van der Waals surface area contributed by atoms with Crippen molar-refractivity contribution in [1.29, 1.82) is 0 Å². The molecule has 0 aliphatic rings. The summed E-state index contributed by atoms with van der Waals surface area (Å²) in [5, 5.41) is 2.57. The lowest BCUT2D eigenvalue weighted by Gasteiger charge is -2.13. The van der Waals surface area contributed by atoms with Gasteiger partial charge in [0, 0.05) is 10.3 Å². The number of ether oxygens (including phenoxy) is 1. The summed E-state index contributed by atoms with van der Waals surface area (Å²) >= 11 is 1.98. The van der Waals surface area contributed by atoms with Crippen LogP contribution in [0.15, 0.2) is 41.3 Å². The minimum absolute atomic E-state index is 0.807. The first-order chi connectivity index (χ1) is 12.7. The van der Waals surface area contributed by atoms with Crippen molar-refractivity contribution in [1.82, 2.24) is 0 Å². The van der Waals surface area contributed by atoms with Gasteiger partial charge in [-0.15, -0.1) is 11.8 Å². The number of benzene rings is 2. The van der Waals surface area contributed by atoms with E-state index in [9.17, 15) is 0 Å². The molecule has 0 fully saturated rings. The maximum atomic E-state index is 5.98. The van der Waals surface area contributed by atoms with E-state index in [0.717, 1.165) is 24.7 Å². The van der Waals surface area contributed by atoms with Crippen LogP contribution >= 0.6 is 11.8 Å². The van der Waals surface area contributed by atoms with Crippen LogP contribution in [0.25, 0.3) is 10.8 Å². The van der Waals surface area contributed by atoms with Crippen molar-refractivity contribution in [2.45, 2.75) is 78.0 Å². The predicted molar refractivity (Wildman–Crippen MR) is 120 cm³/mol. The molecule has 0 saturated carbocycles. The lowest BCUT2D eigenvalue weighted by molar-refractivity contribution is 0.313. The van der Waals surface area contributed by atoms with Crippen molar-refractivity contribution >= 4 is 22.5 Å². The molecule has 26 heavy (non-hydrogen) atoms. The molecule has 0 bridgehead atoms. The molecule has 0 aromatic heterocycles. The first kappa shape index (κ1) is 22.9. The third-order valence-corrected chi connectivity index (χ3v) is 5.56. The second kappa shape index (κ2) is 14.0. The zero-order valence-electron chi connectivity index (χ0n) is 17.5. The van der Waals surface area contributed by atoms with Gasteiger partial charge in [-0.3, -0.25) is 0 Å². The fourth-order valence-electron chi connectivity index (χ4n) is 2.64. The highest BCUT2D eigenvalue weighted by molar-refractivity contribution is 7.99. The van der Waals surface area contributed by atoms with E-state index in [1.54, 1.807) is 0 Å². The molecule has 2 heteroatoms. The third-order valence-electron chi connectivity index (χ3n) is 4.40. The van der Waals surface area contributed by atoms with Gasteiger partial charge in [-0.1, -0.05) is 78.1 Å². The van der Waals surface area contributed by atoms with E-state index in [1.807, 2.05) is 11.8 Å². The Hall–Kier alpha value is -1.15. The first-order valence-electron chi connectivity index (χ1n) is 10.4. The van der Waals surface area contributed by atoms with Crippen molar-refractivity contribution < 1.29 is 4.74 Å². The van der Waals surface area contributed by atoms with Crippen LogP contribution in [0.1, 0.15) is 73.1 Å². The van der Waals surface area contributed by atoms with Gasteiger partial charge in [0.1, 0.15) is 5.75 Å². The molecular weight excluding hydrogens is 336 g/mol. The van der Waals surface area contributed by atoms with Crippen LogP contribution in [-0.2, 0) is 0 Å². The van der Waals surface area contributed by atoms with Gasteiger partial charge < -0.3 is 4.74 Å². The zero-order chi connectivity index (χ0) is 19.2. The highest BCUT2D eigenvalue weighted by atomic mass is 32.2. The topological polar surface area (TPSA) is 9.23 Å². The van der Waals surface area contributed by atoms with E-state index in [0.29, 0.717) is 0 Å². The first-order valence-corrected chi connectivity index (χ1v) is 11.4. The highest BCUT2D eigenvalue weighted by Crippen LogP contribution is 2.34. The van der Waals surface area contributed by atoms with Gasteiger partial charge in [0.15, 0.2) is 0 Å². The SMILES string of the molecule is CCC.CCCCOc1ccc(SCCCC(C)CC)c2ccccc12. The molecule has 1 atom stereocenters. The van der Waals surface area contributed by atoms with Crippen LogP contribution in [0, 0.1) is 5.92 Å². The second-order valence-electron chi connectivity index (χ2n) is 7.02. The molecule has 0 saturated heterocycles. The largest absolute Gasteiger partial charge is 0.493 e. The molecule has 146 valence electrons. The van der Waals surface area contributed by atoms with E-state index >= 15 is 0 Å². The maximum Gasteiger partial charge on any atom is 0.127 e. The van der Waals surface area contributed by atoms with Gasteiger partial charge in [0.25, 0.3) is 0 Å². The fourth-order valence-corrected chi connectivity index (χ4v) is 3.67. The van der Waals surface area contributed by atoms with Crippen molar-refractivity contribution in [2.75, 3.05) is 12.4 Å². The summed E-state index contributed by atoms with van der Waals surface area (Å²) in [6.45, 7) is 11.9. The van der Waals surface area contributed by atoms with E-state index < -0.39 is 0 Å². The van der Waals surface area contributed by atoms with Crippen molar-refractivity contribution in [3.63, 3.8) is 0 Å². The number of unbranched alkanes of at least 4 members (excludes halogenated alkanes) is 1. The standard InChI is InChI=1S/C21H30OS.C3H8/c1-4-6-15-22-20-13-14-21(19-12-8-7-11-18(19)20)23-16-9-10-17(3)5-2;1-3-2/h7-8,11-14,17H,4-6,9-10,15-16H2,1-3H3;3H2,1-2H3. The molecule has 1 unspecified atom stereocenters. The minimum atomic E-state index is 0.807. The molecule has 0 spiro atoms. The monoisotopic (exact) mass is 374 g/mol. The maximum absolute atomic E-state index is 5.98. The summed E-state index contributed by atoms with van der Waals surface area (Å²) in [5.41, 5.74) is 0. The lowest BCUT2D eigenvalue weighted by Crippen LogP contribution is -1.97. The number of hydrogen-bond acceptors (Lipinski definition) is 2. The Kier molecular flexibility index (Phi) is 12.3. The van der Waals surface area contributed by atoms with Gasteiger partial charge in [-0.05, 0) is 48.5 Å². The van der Waals surface area contributed by atoms with Crippen LogP contribution in [0.2, 0.25) is 0 Å². The van der Waals surface area contributed by atoms with Gasteiger partial charge in [0.05, 0.1) is 6.61 Å². The average molecular weight is 375 g/mol. The van der Waals surface area contributed by atoms with Crippen molar-refractivity contribution in [3.8, 4) is 5.75 Å². The molecule has 0 N–H and O–H groups in total. The minimum Gasteiger partial charge on any atom is -0.493 e. The Morgan fingerprint density at radius 1 is 0.923 bits per heavy atom. The van der Waals surface area contributed by atoms with E-state index in [2.05, 4.69) is 71.0 Å². The predicted octanol–water partition coefficient (Wildman–Crippen LogP) is 8.35.